The summed E-state index contributed by atoms with van der Waals surface area (Å²) < 4.78 is 15.1. The number of rotatable bonds is 21. The van der Waals surface area contributed by atoms with E-state index in [1.165, 1.54) is 32.3 Å². The molecule has 0 saturated heterocycles. The number of hydrogen-bond acceptors (Lipinski definition) is 9. The second kappa shape index (κ2) is 43.6. The van der Waals surface area contributed by atoms with Crippen molar-refractivity contribution in [3.8, 4) is 0 Å². The predicted molar refractivity (Wildman–Crippen MR) is 319 cm³/mol. The number of carbonyl (C=O) groups is 4. The monoisotopic (exact) mass is 1550 g/mol. The zero-order chi connectivity index (χ0) is 50.4. The predicted octanol–water partition coefficient (Wildman–Crippen LogP) is 9.07. The Bertz CT molecular complexity index is 2020. The molecule has 0 unspecified atom stereocenters. The molecular formula is C50H66I5N6O7V. The van der Waals surface area contributed by atoms with E-state index in [2.05, 4.69) is 133 Å². The summed E-state index contributed by atoms with van der Waals surface area (Å²) in [7, 11) is 4.64. The second-order valence-electron chi connectivity index (χ2n) is 14.4. The molecule has 3 atom stereocenters. The van der Waals surface area contributed by atoms with E-state index in [9.17, 15) is 19.2 Å². The van der Waals surface area contributed by atoms with Crippen LogP contribution in [0.25, 0.3) is 0 Å². The molecule has 0 aromatic heterocycles. The van der Waals surface area contributed by atoms with Crippen molar-refractivity contribution in [2.75, 3.05) is 46.1 Å². The normalized spacial score (nSPS) is 11.3. The Morgan fingerprint density at radius 3 is 1.14 bits per heavy atom. The molecule has 6 N–H and O–H groups in total. The number of hydrogen-bond donors (Lipinski definition) is 5. The van der Waals surface area contributed by atoms with Gasteiger partial charge in [-0.05, 0) is 32.7 Å². The molecule has 69 heavy (non-hydrogen) atoms. The van der Waals surface area contributed by atoms with Crippen LogP contribution >= 0.6 is 107 Å². The molecule has 0 fully saturated rings. The van der Waals surface area contributed by atoms with Crippen molar-refractivity contribution < 1.29 is 38.3 Å². The number of alkyl halides is 1. The van der Waals surface area contributed by atoms with Crippen LogP contribution in [0, 0.1) is 0 Å². The summed E-state index contributed by atoms with van der Waals surface area (Å²) in [6.45, 7) is 4.86. The van der Waals surface area contributed by atoms with Crippen LogP contribution in [0.3, 0.4) is 0 Å². The first-order chi connectivity index (χ1) is 32.9. The van der Waals surface area contributed by atoms with Gasteiger partial charge in [-0.25, -0.2) is 0 Å². The van der Waals surface area contributed by atoms with Crippen LogP contribution < -0.4 is 27.0 Å². The second-order valence-corrected chi connectivity index (χ2v) is 49.8. The van der Waals surface area contributed by atoms with Crippen molar-refractivity contribution in [3.63, 3.8) is 0 Å². The van der Waals surface area contributed by atoms with Crippen molar-refractivity contribution in [2.24, 2.45) is 5.73 Å². The molecular weight excluding hydrogens is 1480 g/mol. The van der Waals surface area contributed by atoms with Gasteiger partial charge in [0.2, 0.25) is 23.6 Å². The first-order valence-electron chi connectivity index (χ1n) is 21.3. The quantitative estimate of drug-likeness (QED) is 0.0355. The summed E-state index contributed by atoms with van der Waals surface area (Å²) in [4.78, 5) is 51.2. The Balaban J connectivity index is 0.000000997. The van der Waals surface area contributed by atoms with Gasteiger partial charge in [0.25, 0.3) is 0 Å². The third kappa shape index (κ3) is 33.4. The number of methoxy groups -OCH3 is 3. The number of nitrogens with two attached hydrogens (primary N) is 1. The van der Waals surface area contributed by atoms with E-state index in [0.717, 1.165) is 16.7 Å². The SMILES string of the molecule is CI.COC[C@@H](N)C(=O)NCc1ccccc1.COC[C@@H](NC(C)=O)C(=O)NCc1ccccc1.COC[C@H](C(=O)NCc1ccccc1)N(Cc1ccccc1)Cc1ccccc1.I.[I][V]([I])[I]. The van der Waals surface area contributed by atoms with Gasteiger partial charge in [-0.1, -0.05) is 174 Å². The number of halogens is 5. The van der Waals surface area contributed by atoms with Gasteiger partial charge in [-0.3, -0.25) is 24.1 Å². The van der Waals surface area contributed by atoms with Gasteiger partial charge >= 0.3 is 64.9 Å². The average Bonchev–Trinajstić information content (AvgIpc) is 3.35. The van der Waals surface area contributed by atoms with Crippen molar-refractivity contribution in [2.45, 2.75) is 57.8 Å². The Kier molecular flexibility index (Phi) is 42.3. The van der Waals surface area contributed by atoms with Gasteiger partial charge in [-0.2, -0.15) is 0 Å². The third-order valence-electron chi connectivity index (χ3n) is 9.16. The maximum absolute atomic E-state index is 13.1. The van der Waals surface area contributed by atoms with Crippen molar-refractivity contribution in [1.82, 2.24) is 26.2 Å². The van der Waals surface area contributed by atoms with E-state index in [1.807, 2.05) is 132 Å². The maximum atomic E-state index is 13.1. The fourth-order valence-electron chi connectivity index (χ4n) is 5.99. The molecule has 19 heteroatoms. The van der Waals surface area contributed by atoms with Crippen LogP contribution in [0.4, 0.5) is 0 Å². The Morgan fingerprint density at radius 2 is 0.826 bits per heavy atom. The number of nitrogens with one attached hydrogen (secondary N) is 4. The van der Waals surface area contributed by atoms with Gasteiger partial charge in [0.1, 0.15) is 18.1 Å². The zero-order valence-corrected chi connectivity index (χ0v) is 51.9. The van der Waals surface area contributed by atoms with Crippen molar-refractivity contribution >= 4 is 130 Å². The number of benzene rings is 5. The van der Waals surface area contributed by atoms with Crippen molar-refractivity contribution in [1.29, 1.82) is 0 Å². The summed E-state index contributed by atoms with van der Waals surface area (Å²) in [6, 6.07) is 48.0. The van der Waals surface area contributed by atoms with Gasteiger partial charge < -0.3 is 41.2 Å². The molecule has 0 aliphatic heterocycles. The van der Waals surface area contributed by atoms with Crippen LogP contribution in [0.1, 0.15) is 34.7 Å². The molecule has 0 spiro atoms. The summed E-state index contributed by atoms with van der Waals surface area (Å²) in [6.07, 6.45) is 0. The minimum atomic E-state index is -0.656. The first kappa shape index (κ1) is 67.0. The van der Waals surface area contributed by atoms with E-state index in [-0.39, 0.29) is 71.8 Å². The summed E-state index contributed by atoms with van der Waals surface area (Å²) >= 11 is 9.54. The molecule has 5 rings (SSSR count). The van der Waals surface area contributed by atoms with Gasteiger partial charge in [0.15, 0.2) is 0 Å². The average molecular weight is 1550 g/mol. The summed E-state index contributed by atoms with van der Waals surface area (Å²) in [5.74, 6) is -0.730. The molecule has 0 radical (unpaired) electrons. The fraction of sp³-hybridized carbons (Fsp3) is 0.320. The molecule has 0 heterocycles. The number of nitrogens with zero attached hydrogens (tertiary/aromatic N) is 1. The minimum absolute atomic E-state index is 0. The molecule has 4 amide bonds. The molecule has 0 aliphatic rings. The van der Waals surface area contributed by atoms with Gasteiger partial charge in [0.05, 0.1) is 19.8 Å². The van der Waals surface area contributed by atoms with E-state index in [0.29, 0.717) is 39.3 Å². The summed E-state index contributed by atoms with van der Waals surface area (Å²) in [5.41, 5.74) is 11.0. The van der Waals surface area contributed by atoms with Crippen LogP contribution in [-0.2, 0) is 71.0 Å². The molecule has 378 valence electrons. The number of amides is 4. The molecule has 5 aromatic carbocycles. The number of carbonyl (C=O) groups excluding carboxylic acids is 4. The third-order valence-corrected chi connectivity index (χ3v) is 9.16. The number of ether oxygens (including phenoxy) is 3. The standard InChI is InChI=1S/C25H28N2O2.C13H18N2O3.C11H16N2O2.CH3I.4HI.V/c1-29-20-24(25(28)26-17-21-11-5-2-6-12-21)27(18-22-13-7-3-8-14-22)19-23-15-9-4-10-16-23;1-10(16)15-12(9-18-2)13(17)14-8-11-6-4-3-5-7-11;1-15-8-10(12)11(14)13-7-9-5-3-2-4-6-9;1-2;;;;;/h2-16,24H,17-20H2,1H3,(H,26,28);3-7,12H,8-9H2,1-2H3,(H,14,17)(H,15,16);2-6,10H,7-8,12H2,1H3,(H,13,14);1H3;4*1H;/q;;;;;;;;+3/p-3/t24-;12-;10-;;;;;;/m111....../s1. The Hall–Kier alpha value is -1.99. The Morgan fingerprint density at radius 1 is 0.522 bits per heavy atom. The van der Waals surface area contributed by atoms with Crippen LogP contribution in [0.15, 0.2) is 152 Å². The van der Waals surface area contributed by atoms with Crippen molar-refractivity contribution in [3.05, 3.63) is 179 Å². The van der Waals surface area contributed by atoms with E-state index < -0.39 is 12.1 Å². The zero-order valence-electron chi connectivity index (χ0n) is 39.6. The topological polar surface area (TPSA) is 173 Å². The van der Waals surface area contributed by atoms with Gasteiger partial charge in [-0.15, -0.1) is 24.0 Å². The molecule has 5 aromatic rings. The molecule has 13 nitrogen and oxygen atoms in total. The molecule has 0 bridgehead atoms. The van der Waals surface area contributed by atoms with Crippen LogP contribution in [0.2, 0.25) is 0 Å². The fourth-order valence-corrected chi connectivity index (χ4v) is 5.99. The van der Waals surface area contributed by atoms with E-state index >= 15 is 0 Å². The molecule has 0 aliphatic carbocycles. The van der Waals surface area contributed by atoms with Gasteiger partial charge in [0, 0.05) is 61.0 Å². The first-order valence-corrected chi connectivity index (χ1v) is 37.0. The summed E-state index contributed by atoms with van der Waals surface area (Å²) in [5, 5.41) is 11.1. The van der Waals surface area contributed by atoms with E-state index in [4.69, 9.17) is 19.9 Å². The van der Waals surface area contributed by atoms with Crippen LogP contribution in [0.5, 0.6) is 0 Å². The molecule has 0 saturated carbocycles. The van der Waals surface area contributed by atoms with Crippen LogP contribution in [-0.4, -0.2) is 92.7 Å². The van der Waals surface area contributed by atoms with E-state index in [1.54, 1.807) is 7.11 Å². The Labute approximate surface area is 477 Å².